The van der Waals surface area contributed by atoms with Crippen molar-refractivity contribution in [3.63, 3.8) is 0 Å². The molecular formula is C14H16N2O2. The number of hydrogen-bond donors (Lipinski definition) is 0. The minimum absolute atomic E-state index is 0.0597. The van der Waals surface area contributed by atoms with Gasteiger partial charge in [0, 0.05) is 13.0 Å². The standard InChI is InChI=1S/C14H16N2O2/c15-11-12-6-7-16(14(17)10-12)8-9-18-13-4-2-1-3-5-13/h1-5,12H,6-10H2. The summed E-state index contributed by atoms with van der Waals surface area (Å²) in [5, 5.41) is 8.77. The van der Waals surface area contributed by atoms with Crippen molar-refractivity contribution in [3.05, 3.63) is 30.3 Å². The van der Waals surface area contributed by atoms with Gasteiger partial charge in [-0.05, 0) is 18.6 Å². The summed E-state index contributed by atoms with van der Waals surface area (Å²) in [5.74, 6) is 0.769. The molecule has 18 heavy (non-hydrogen) atoms. The van der Waals surface area contributed by atoms with E-state index in [0.29, 0.717) is 26.1 Å². The smallest absolute Gasteiger partial charge is 0.224 e. The van der Waals surface area contributed by atoms with Gasteiger partial charge in [-0.15, -0.1) is 0 Å². The van der Waals surface area contributed by atoms with Crippen LogP contribution in [-0.4, -0.2) is 30.5 Å². The maximum absolute atomic E-state index is 11.7. The van der Waals surface area contributed by atoms with Crippen LogP contribution in [0.5, 0.6) is 5.75 Å². The highest BCUT2D eigenvalue weighted by Crippen LogP contribution is 2.17. The van der Waals surface area contributed by atoms with Crippen molar-refractivity contribution in [1.82, 2.24) is 4.90 Å². The van der Waals surface area contributed by atoms with Gasteiger partial charge < -0.3 is 9.64 Å². The highest BCUT2D eigenvalue weighted by Gasteiger charge is 2.25. The van der Waals surface area contributed by atoms with E-state index in [0.717, 1.165) is 12.2 Å². The van der Waals surface area contributed by atoms with E-state index >= 15 is 0 Å². The molecule has 0 aromatic heterocycles. The lowest BCUT2D eigenvalue weighted by molar-refractivity contribution is -0.134. The van der Waals surface area contributed by atoms with Crippen molar-refractivity contribution < 1.29 is 9.53 Å². The first kappa shape index (κ1) is 12.4. The first-order chi connectivity index (χ1) is 8.79. The normalized spacial score (nSPS) is 19.4. The molecule has 1 saturated heterocycles. The average Bonchev–Trinajstić information content (AvgIpc) is 2.42. The van der Waals surface area contributed by atoms with Gasteiger partial charge in [0.1, 0.15) is 12.4 Å². The first-order valence-electron chi connectivity index (χ1n) is 6.15. The highest BCUT2D eigenvalue weighted by molar-refractivity contribution is 5.77. The Bertz CT molecular complexity index is 439. The predicted octanol–water partition coefficient (Wildman–Crippen LogP) is 1.83. The molecule has 2 rings (SSSR count). The van der Waals surface area contributed by atoms with Crippen LogP contribution in [0.3, 0.4) is 0 Å². The Morgan fingerprint density at radius 2 is 2.17 bits per heavy atom. The van der Waals surface area contributed by atoms with Crippen LogP contribution in [0.2, 0.25) is 0 Å². The second kappa shape index (κ2) is 6.06. The fourth-order valence-corrected chi connectivity index (χ4v) is 2.02. The molecule has 0 radical (unpaired) electrons. The van der Waals surface area contributed by atoms with Crippen LogP contribution >= 0.6 is 0 Å². The molecule has 1 aromatic carbocycles. The number of carbonyl (C=O) groups excluding carboxylic acids is 1. The van der Waals surface area contributed by atoms with E-state index < -0.39 is 0 Å². The Kier molecular flexibility index (Phi) is 4.19. The van der Waals surface area contributed by atoms with Crippen molar-refractivity contribution >= 4 is 5.91 Å². The van der Waals surface area contributed by atoms with Crippen LogP contribution in [0.25, 0.3) is 0 Å². The molecule has 4 heteroatoms. The van der Waals surface area contributed by atoms with Gasteiger partial charge in [0.25, 0.3) is 0 Å². The van der Waals surface area contributed by atoms with Crippen LogP contribution in [0.15, 0.2) is 30.3 Å². The second-order valence-electron chi connectivity index (χ2n) is 4.36. The Balaban J connectivity index is 1.75. The molecule has 1 aliphatic rings. The van der Waals surface area contributed by atoms with Crippen LogP contribution in [0.4, 0.5) is 0 Å². The van der Waals surface area contributed by atoms with E-state index in [-0.39, 0.29) is 11.8 Å². The summed E-state index contributed by atoms with van der Waals surface area (Å²) in [6.07, 6.45) is 1.12. The van der Waals surface area contributed by atoms with Gasteiger partial charge in [0.2, 0.25) is 5.91 Å². The van der Waals surface area contributed by atoms with E-state index in [4.69, 9.17) is 10.00 Å². The van der Waals surface area contributed by atoms with E-state index in [1.807, 2.05) is 30.3 Å². The molecule has 1 amide bonds. The topological polar surface area (TPSA) is 53.3 Å². The van der Waals surface area contributed by atoms with Crippen molar-refractivity contribution in [1.29, 1.82) is 5.26 Å². The molecule has 94 valence electrons. The Morgan fingerprint density at radius 1 is 1.39 bits per heavy atom. The third-order valence-electron chi connectivity index (χ3n) is 3.08. The number of amides is 1. The molecule has 1 atom stereocenters. The fraction of sp³-hybridized carbons (Fsp3) is 0.429. The monoisotopic (exact) mass is 244 g/mol. The largest absolute Gasteiger partial charge is 0.492 e. The molecular weight excluding hydrogens is 228 g/mol. The molecule has 1 aromatic rings. The Labute approximate surface area is 107 Å². The van der Waals surface area contributed by atoms with Gasteiger partial charge in [-0.3, -0.25) is 4.79 Å². The third kappa shape index (κ3) is 3.24. The molecule has 0 spiro atoms. The van der Waals surface area contributed by atoms with E-state index in [1.165, 1.54) is 0 Å². The van der Waals surface area contributed by atoms with E-state index in [9.17, 15) is 4.79 Å². The van der Waals surface area contributed by atoms with Gasteiger partial charge >= 0.3 is 0 Å². The second-order valence-corrected chi connectivity index (χ2v) is 4.36. The first-order valence-corrected chi connectivity index (χ1v) is 6.15. The van der Waals surface area contributed by atoms with Crippen molar-refractivity contribution in [2.24, 2.45) is 5.92 Å². The van der Waals surface area contributed by atoms with Crippen LogP contribution in [0.1, 0.15) is 12.8 Å². The van der Waals surface area contributed by atoms with Gasteiger partial charge in [0.15, 0.2) is 0 Å². The molecule has 0 saturated carbocycles. The lowest BCUT2D eigenvalue weighted by atomic mass is 9.98. The number of benzene rings is 1. The van der Waals surface area contributed by atoms with Crippen LogP contribution in [0, 0.1) is 17.2 Å². The number of piperidine rings is 1. The molecule has 1 heterocycles. The summed E-state index contributed by atoms with van der Waals surface area (Å²) in [7, 11) is 0. The lowest BCUT2D eigenvalue weighted by Crippen LogP contribution is -2.40. The molecule has 0 aliphatic carbocycles. The van der Waals surface area contributed by atoms with Gasteiger partial charge in [-0.25, -0.2) is 0 Å². The number of likely N-dealkylation sites (tertiary alicyclic amines) is 1. The summed E-state index contributed by atoms with van der Waals surface area (Å²) in [6.45, 7) is 1.74. The molecule has 0 bridgehead atoms. The summed E-state index contributed by atoms with van der Waals surface area (Å²) in [6, 6.07) is 11.7. The van der Waals surface area contributed by atoms with Gasteiger partial charge in [0.05, 0.1) is 18.5 Å². The maximum Gasteiger partial charge on any atom is 0.224 e. The number of nitrogens with zero attached hydrogens (tertiary/aromatic N) is 2. The maximum atomic E-state index is 11.7. The molecule has 1 fully saturated rings. The molecule has 0 N–H and O–H groups in total. The lowest BCUT2D eigenvalue weighted by Gasteiger charge is -2.28. The summed E-state index contributed by atoms with van der Waals surface area (Å²) < 4.78 is 5.55. The number of nitriles is 1. The van der Waals surface area contributed by atoms with Crippen molar-refractivity contribution in [2.75, 3.05) is 19.7 Å². The number of ether oxygens (including phenoxy) is 1. The number of para-hydroxylation sites is 1. The molecule has 4 nitrogen and oxygen atoms in total. The van der Waals surface area contributed by atoms with Crippen molar-refractivity contribution in [2.45, 2.75) is 12.8 Å². The van der Waals surface area contributed by atoms with Gasteiger partial charge in [-0.2, -0.15) is 5.26 Å². The molecule has 1 unspecified atom stereocenters. The quantitative estimate of drug-likeness (QED) is 0.812. The zero-order valence-electron chi connectivity index (χ0n) is 10.2. The van der Waals surface area contributed by atoms with Crippen LogP contribution in [-0.2, 0) is 4.79 Å². The minimum Gasteiger partial charge on any atom is -0.492 e. The molecule has 1 aliphatic heterocycles. The minimum atomic E-state index is -0.108. The van der Waals surface area contributed by atoms with Crippen LogP contribution < -0.4 is 4.74 Å². The Morgan fingerprint density at radius 3 is 2.83 bits per heavy atom. The van der Waals surface area contributed by atoms with E-state index in [1.54, 1.807) is 4.90 Å². The SMILES string of the molecule is N#CC1CCN(CCOc2ccccc2)C(=O)C1. The van der Waals surface area contributed by atoms with Crippen molar-refractivity contribution in [3.8, 4) is 11.8 Å². The predicted molar refractivity (Wildman–Crippen MR) is 66.9 cm³/mol. The highest BCUT2D eigenvalue weighted by atomic mass is 16.5. The van der Waals surface area contributed by atoms with Gasteiger partial charge in [-0.1, -0.05) is 18.2 Å². The fourth-order valence-electron chi connectivity index (χ4n) is 2.02. The zero-order chi connectivity index (χ0) is 12.8. The zero-order valence-corrected chi connectivity index (χ0v) is 10.2. The van der Waals surface area contributed by atoms with E-state index in [2.05, 4.69) is 6.07 Å². The summed E-state index contributed by atoms with van der Waals surface area (Å²) in [4.78, 5) is 13.5. The summed E-state index contributed by atoms with van der Waals surface area (Å²) in [5.41, 5.74) is 0. The number of carbonyl (C=O) groups is 1. The summed E-state index contributed by atoms with van der Waals surface area (Å²) >= 11 is 0. The number of hydrogen-bond acceptors (Lipinski definition) is 3. The Hall–Kier alpha value is -2.02. The number of rotatable bonds is 4. The average molecular weight is 244 g/mol. The third-order valence-corrected chi connectivity index (χ3v) is 3.08.